The van der Waals surface area contributed by atoms with Crippen molar-refractivity contribution >= 4 is 18.5 Å². The third-order valence-corrected chi connectivity index (χ3v) is 3.14. The molecule has 0 bridgehead atoms. The minimum Gasteiger partial charge on any atom is -0.494 e. The normalized spacial score (nSPS) is 10.8. The number of ether oxygens (including phenoxy) is 2. The zero-order valence-electron chi connectivity index (χ0n) is 14.8. The van der Waals surface area contributed by atoms with Crippen LogP contribution in [0, 0.1) is 0 Å². The fourth-order valence-electron chi connectivity index (χ4n) is 1.99. The third-order valence-electron chi connectivity index (χ3n) is 3.14. The van der Waals surface area contributed by atoms with Gasteiger partial charge in [-0.15, -0.1) is 0 Å². The molecule has 0 heterocycles. The van der Waals surface area contributed by atoms with Crippen molar-refractivity contribution in [1.29, 1.82) is 0 Å². The van der Waals surface area contributed by atoms with Crippen molar-refractivity contribution in [2.45, 2.75) is 13.8 Å². The van der Waals surface area contributed by atoms with Gasteiger partial charge in [-0.05, 0) is 73.5 Å². The number of amides is 2. The molecule has 136 valence electrons. The second-order valence-electron chi connectivity index (χ2n) is 5.07. The first-order chi connectivity index (χ1) is 12.7. The molecule has 0 aliphatic heterocycles. The molecular weight excluding hydrogens is 332 g/mol. The molecule has 2 N–H and O–H groups in total. The Morgan fingerprint density at radius 1 is 0.808 bits per heavy atom. The SMILES string of the molecule is CCOc1ccc(C=NNC(=O)NN=Cc2ccc(OCC)cc2)cc1. The molecule has 2 aromatic carbocycles. The van der Waals surface area contributed by atoms with Crippen molar-refractivity contribution in [2.24, 2.45) is 10.2 Å². The monoisotopic (exact) mass is 354 g/mol. The smallest absolute Gasteiger partial charge is 0.355 e. The summed E-state index contributed by atoms with van der Waals surface area (Å²) in [6.45, 7) is 5.09. The molecule has 0 atom stereocenters. The van der Waals surface area contributed by atoms with Gasteiger partial charge in [0.15, 0.2) is 0 Å². The summed E-state index contributed by atoms with van der Waals surface area (Å²) in [5, 5.41) is 7.71. The maximum absolute atomic E-state index is 11.6. The number of nitrogens with one attached hydrogen (secondary N) is 2. The van der Waals surface area contributed by atoms with Crippen LogP contribution >= 0.6 is 0 Å². The van der Waals surface area contributed by atoms with E-state index in [9.17, 15) is 4.79 Å². The number of rotatable bonds is 8. The Kier molecular flexibility index (Phi) is 7.67. The van der Waals surface area contributed by atoms with Crippen molar-refractivity contribution in [3.8, 4) is 11.5 Å². The first-order valence-corrected chi connectivity index (χ1v) is 8.29. The Labute approximate surface area is 152 Å². The molecule has 0 aliphatic rings. The van der Waals surface area contributed by atoms with Crippen LogP contribution in [0.3, 0.4) is 0 Å². The maximum atomic E-state index is 11.6. The summed E-state index contributed by atoms with van der Waals surface area (Å²) < 4.78 is 10.7. The van der Waals surface area contributed by atoms with Gasteiger partial charge in [-0.25, -0.2) is 15.6 Å². The van der Waals surface area contributed by atoms with Gasteiger partial charge in [0.1, 0.15) is 11.5 Å². The lowest BCUT2D eigenvalue weighted by atomic mass is 10.2. The molecule has 0 saturated heterocycles. The van der Waals surface area contributed by atoms with Gasteiger partial charge in [0.05, 0.1) is 25.6 Å². The number of hydrogen-bond donors (Lipinski definition) is 2. The molecule has 0 saturated carbocycles. The van der Waals surface area contributed by atoms with Crippen molar-refractivity contribution in [1.82, 2.24) is 10.9 Å². The van der Waals surface area contributed by atoms with Crippen LogP contribution in [0.5, 0.6) is 11.5 Å². The van der Waals surface area contributed by atoms with E-state index in [1.807, 2.05) is 62.4 Å². The lowest BCUT2D eigenvalue weighted by molar-refractivity contribution is 0.242. The Balaban J connectivity index is 1.75. The minimum atomic E-state index is -0.533. The number of hydrogen-bond acceptors (Lipinski definition) is 5. The lowest BCUT2D eigenvalue weighted by Gasteiger charge is -2.02. The Hall–Kier alpha value is -3.35. The first kappa shape index (κ1) is 19.0. The quantitative estimate of drug-likeness (QED) is 0.564. The zero-order valence-corrected chi connectivity index (χ0v) is 14.8. The second-order valence-corrected chi connectivity index (χ2v) is 5.07. The number of nitrogens with zero attached hydrogens (tertiary/aromatic N) is 2. The van der Waals surface area contributed by atoms with E-state index in [0.717, 1.165) is 22.6 Å². The predicted octanol–water partition coefficient (Wildman–Crippen LogP) is 3.15. The number of carbonyl (C=O) groups excluding carboxylic acids is 1. The van der Waals surface area contributed by atoms with Gasteiger partial charge in [0, 0.05) is 0 Å². The molecule has 0 unspecified atom stereocenters. The van der Waals surface area contributed by atoms with Crippen LogP contribution in [0.1, 0.15) is 25.0 Å². The summed E-state index contributed by atoms with van der Waals surface area (Å²) >= 11 is 0. The standard InChI is InChI=1S/C19H22N4O3/c1-3-25-17-9-5-15(6-10-17)13-20-22-19(24)23-21-14-16-7-11-18(12-8-16)26-4-2/h5-14H,3-4H2,1-2H3,(H2,22,23,24). The summed E-state index contributed by atoms with van der Waals surface area (Å²) in [6, 6.07) is 14.2. The van der Waals surface area contributed by atoms with E-state index in [-0.39, 0.29) is 0 Å². The van der Waals surface area contributed by atoms with Crippen LogP contribution in [0.15, 0.2) is 58.7 Å². The van der Waals surface area contributed by atoms with Crippen LogP contribution in [-0.2, 0) is 0 Å². The Morgan fingerprint density at radius 2 is 1.19 bits per heavy atom. The van der Waals surface area contributed by atoms with E-state index in [4.69, 9.17) is 9.47 Å². The molecule has 2 amide bonds. The number of carbonyl (C=O) groups is 1. The molecular formula is C19H22N4O3. The van der Waals surface area contributed by atoms with E-state index in [2.05, 4.69) is 21.1 Å². The van der Waals surface area contributed by atoms with Gasteiger partial charge in [-0.3, -0.25) is 0 Å². The second kappa shape index (κ2) is 10.5. The Morgan fingerprint density at radius 3 is 1.54 bits per heavy atom. The fourth-order valence-corrected chi connectivity index (χ4v) is 1.99. The molecule has 2 aromatic rings. The van der Waals surface area contributed by atoms with E-state index < -0.39 is 6.03 Å². The molecule has 0 fully saturated rings. The zero-order chi connectivity index (χ0) is 18.6. The molecule has 7 heteroatoms. The highest BCUT2D eigenvalue weighted by Gasteiger charge is 1.96. The van der Waals surface area contributed by atoms with Gasteiger partial charge in [0.25, 0.3) is 0 Å². The molecule has 7 nitrogen and oxygen atoms in total. The largest absolute Gasteiger partial charge is 0.494 e. The van der Waals surface area contributed by atoms with Crippen LogP contribution in [0.25, 0.3) is 0 Å². The van der Waals surface area contributed by atoms with Crippen LogP contribution in [-0.4, -0.2) is 31.7 Å². The van der Waals surface area contributed by atoms with Crippen molar-refractivity contribution in [2.75, 3.05) is 13.2 Å². The molecule has 26 heavy (non-hydrogen) atoms. The van der Waals surface area contributed by atoms with Gasteiger partial charge in [-0.1, -0.05) is 0 Å². The third kappa shape index (κ3) is 6.64. The molecule has 0 spiro atoms. The van der Waals surface area contributed by atoms with E-state index in [0.29, 0.717) is 13.2 Å². The van der Waals surface area contributed by atoms with Crippen LogP contribution in [0.2, 0.25) is 0 Å². The number of benzene rings is 2. The average Bonchev–Trinajstić information content (AvgIpc) is 2.65. The van der Waals surface area contributed by atoms with Crippen LogP contribution in [0.4, 0.5) is 4.79 Å². The molecule has 0 aliphatic carbocycles. The van der Waals surface area contributed by atoms with Gasteiger partial charge >= 0.3 is 6.03 Å². The summed E-state index contributed by atoms with van der Waals surface area (Å²) in [5.41, 5.74) is 6.35. The fraction of sp³-hybridized carbons (Fsp3) is 0.211. The van der Waals surface area contributed by atoms with Crippen LogP contribution < -0.4 is 20.3 Å². The van der Waals surface area contributed by atoms with Crippen molar-refractivity contribution in [3.63, 3.8) is 0 Å². The molecule has 0 radical (unpaired) electrons. The first-order valence-electron chi connectivity index (χ1n) is 8.29. The highest BCUT2D eigenvalue weighted by molar-refractivity contribution is 5.83. The average molecular weight is 354 g/mol. The predicted molar refractivity (Wildman–Crippen MR) is 102 cm³/mol. The number of urea groups is 1. The van der Waals surface area contributed by atoms with E-state index in [1.54, 1.807) is 0 Å². The van der Waals surface area contributed by atoms with E-state index in [1.165, 1.54) is 12.4 Å². The minimum absolute atomic E-state index is 0.533. The topological polar surface area (TPSA) is 84.3 Å². The van der Waals surface area contributed by atoms with E-state index >= 15 is 0 Å². The van der Waals surface area contributed by atoms with Crippen molar-refractivity contribution in [3.05, 3.63) is 59.7 Å². The lowest BCUT2D eigenvalue weighted by Crippen LogP contribution is -2.28. The molecule has 0 aromatic heterocycles. The Bertz CT molecular complexity index is 677. The van der Waals surface area contributed by atoms with Gasteiger partial charge in [0.2, 0.25) is 0 Å². The molecule has 2 rings (SSSR count). The maximum Gasteiger partial charge on any atom is 0.355 e. The highest BCUT2D eigenvalue weighted by atomic mass is 16.5. The summed E-state index contributed by atoms with van der Waals surface area (Å²) in [5.74, 6) is 1.58. The van der Waals surface area contributed by atoms with Crippen molar-refractivity contribution < 1.29 is 14.3 Å². The van der Waals surface area contributed by atoms with Gasteiger partial charge < -0.3 is 9.47 Å². The van der Waals surface area contributed by atoms with Gasteiger partial charge in [-0.2, -0.15) is 10.2 Å². The number of hydrazone groups is 2. The summed E-state index contributed by atoms with van der Waals surface area (Å²) in [7, 11) is 0. The highest BCUT2D eigenvalue weighted by Crippen LogP contribution is 2.11. The summed E-state index contributed by atoms with van der Waals surface area (Å²) in [6.07, 6.45) is 3.07. The summed E-state index contributed by atoms with van der Waals surface area (Å²) in [4.78, 5) is 11.6.